The SMILES string of the molecule is COC(=O)c1c(NC(=O)CSc2n[nH]c(Cc3cccs3)n2)sc2c1CCC2. The Labute approximate surface area is 173 Å². The first-order valence-corrected chi connectivity index (χ1v) is 11.4. The number of hydrogen-bond acceptors (Lipinski definition) is 8. The molecular formula is C18H18N4O3S3. The average Bonchev–Trinajstić information content (AvgIpc) is 3.45. The first-order chi connectivity index (χ1) is 13.6. The topological polar surface area (TPSA) is 97.0 Å². The number of nitrogens with one attached hydrogen (secondary N) is 2. The lowest BCUT2D eigenvalue weighted by molar-refractivity contribution is -0.113. The van der Waals surface area contributed by atoms with Gasteiger partial charge < -0.3 is 10.1 Å². The highest BCUT2D eigenvalue weighted by atomic mass is 32.2. The van der Waals surface area contributed by atoms with Gasteiger partial charge in [0.25, 0.3) is 0 Å². The molecule has 1 aliphatic rings. The van der Waals surface area contributed by atoms with E-state index in [0.29, 0.717) is 22.1 Å². The summed E-state index contributed by atoms with van der Waals surface area (Å²) >= 11 is 4.39. The molecule has 2 N–H and O–H groups in total. The van der Waals surface area contributed by atoms with Gasteiger partial charge in [-0.15, -0.1) is 27.8 Å². The molecule has 146 valence electrons. The van der Waals surface area contributed by atoms with Gasteiger partial charge in [-0.05, 0) is 36.3 Å². The Hall–Kier alpha value is -2.17. The number of ether oxygens (including phenoxy) is 1. The number of thiophene rings is 2. The van der Waals surface area contributed by atoms with Gasteiger partial charge in [0, 0.05) is 16.2 Å². The zero-order chi connectivity index (χ0) is 19.5. The summed E-state index contributed by atoms with van der Waals surface area (Å²) < 4.78 is 4.91. The number of fused-ring (bicyclic) bond motifs is 1. The fourth-order valence-electron chi connectivity index (χ4n) is 3.10. The number of methoxy groups -OCH3 is 1. The number of rotatable bonds is 7. The highest BCUT2D eigenvalue weighted by molar-refractivity contribution is 7.99. The van der Waals surface area contributed by atoms with Gasteiger partial charge in [0.2, 0.25) is 11.1 Å². The van der Waals surface area contributed by atoms with Crippen molar-refractivity contribution in [3.05, 3.63) is 44.2 Å². The van der Waals surface area contributed by atoms with Crippen molar-refractivity contribution < 1.29 is 14.3 Å². The average molecular weight is 435 g/mol. The molecule has 1 amide bonds. The van der Waals surface area contributed by atoms with Crippen LogP contribution in [0.1, 0.15) is 37.9 Å². The van der Waals surface area contributed by atoms with Crippen LogP contribution in [0.15, 0.2) is 22.7 Å². The second-order valence-electron chi connectivity index (χ2n) is 6.21. The van der Waals surface area contributed by atoms with Gasteiger partial charge in [-0.1, -0.05) is 17.8 Å². The Balaban J connectivity index is 1.36. The first kappa shape index (κ1) is 19.2. The summed E-state index contributed by atoms with van der Waals surface area (Å²) in [5, 5.41) is 13.1. The van der Waals surface area contributed by atoms with Crippen LogP contribution in [0.5, 0.6) is 0 Å². The largest absolute Gasteiger partial charge is 0.465 e. The van der Waals surface area contributed by atoms with Crippen molar-refractivity contribution in [3.8, 4) is 0 Å². The number of esters is 1. The molecule has 3 heterocycles. The van der Waals surface area contributed by atoms with Crippen molar-refractivity contribution >= 4 is 51.3 Å². The van der Waals surface area contributed by atoms with Gasteiger partial charge in [-0.25, -0.2) is 9.78 Å². The lowest BCUT2D eigenvalue weighted by Crippen LogP contribution is -2.16. The van der Waals surface area contributed by atoms with Crippen LogP contribution in [0.4, 0.5) is 5.00 Å². The molecule has 10 heteroatoms. The van der Waals surface area contributed by atoms with E-state index in [1.165, 1.54) is 35.1 Å². The normalized spacial score (nSPS) is 12.8. The summed E-state index contributed by atoms with van der Waals surface area (Å²) in [4.78, 5) is 31.3. The van der Waals surface area contributed by atoms with Crippen LogP contribution in [-0.4, -0.2) is 39.9 Å². The summed E-state index contributed by atoms with van der Waals surface area (Å²) in [5.74, 6) is 0.349. The molecule has 3 aromatic rings. The number of hydrogen-bond donors (Lipinski definition) is 2. The summed E-state index contributed by atoms with van der Waals surface area (Å²) in [6.45, 7) is 0. The Morgan fingerprint density at radius 1 is 1.39 bits per heavy atom. The molecular weight excluding hydrogens is 416 g/mol. The number of amides is 1. The third-order valence-electron chi connectivity index (χ3n) is 4.33. The minimum absolute atomic E-state index is 0.166. The van der Waals surface area contributed by atoms with E-state index in [9.17, 15) is 9.59 Å². The summed E-state index contributed by atoms with van der Waals surface area (Å²) in [7, 11) is 1.36. The minimum atomic E-state index is -0.394. The zero-order valence-corrected chi connectivity index (χ0v) is 17.6. The molecule has 0 spiro atoms. The molecule has 0 aromatic carbocycles. The third kappa shape index (κ3) is 4.13. The number of aromatic amines is 1. The van der Waals surface area contributed by atoms with Crippen molar-refractivity contribution in [1.82, 2.24) is 15.2 Å². The van der Waals surface area contributed by atoms with Crippen LogP contribution in [-0.2, 0) is 28.8 Å². The van der Waals surface area contributed by atoms with E-state index >= 15 is 0 Å². The monoisotopic (exact) mass is 434 g/mol. The number of carbonyl (C=O) groups is 2. The number of aromatic nitrogens is 3. The fourth-order valence-corrected chi connectivity index (χ4v) is 5.72. The highest BCUT2D eigenvalue weighted by Crippen LogP contribution is 2.39. The van der Waals surface area contributed by atoms with Crippen molar-refractivity contribution in [2.75, 3.05) is 18.2 Å². The van der Waals surface area contributed by atoms with E-state index in [2.05, 4.69) is 20.5 Å². The summed E-state index contributed by atoms with van der Waals surface area (Å²) in [6, 6.07) is 4.05. The number of anilines is 1. The quantitative estimate of drug-likeness (QED) is 0.436. The van der Waals surface area contributed by atoms with E-state index in [0.717, 1.165) is 35.5 Å². The molecule has 0 aliphatic heterocycles. The molecule has 7 nitrogen and oxygen atoms in total. The lowest BCUT2D eigenvalue weighted by Gasteiger charge is -2.06. The fraction of sp³-hybridized carbons (Fsp3) is 0.333. The summed E-state index contributed by atoms with van der Waals surface area (Å²) in [5.41, 5.74) is 1.53. The molecule has 0 fully saturated rings. The van der Waals surface area contributed by atoms with E-state index < -0.39 is 5.97 Å². The molecule has 1 aliphatic carbocycles. The Bertz CT molecular complexity index is 994. The maximum absolute atomic E-state index is 12.4. The van der Waals surface area contributed by atoms with Crippen molar-refractivity contribution in [1.29, 1.82) is 0 Å². The molecule has 0 radical (unpaired) electrons. The van der Waals surface area contributed by atoms with Crippen molar-refractivity contribution in [2.24, 2.45) is 0 Å². The second-order valence-corrected chi connectivity index (χ2v) is 9.29. The zero-order valence-electron chi connectivity index (χ0n) is 15.1. The van der Waals surface area contributed by atoms with Gasteiger partial charge in [0.1, 0.15) is 10.8 Å². The van der Waals surface area contributed by atoms with E-state index in [1.54, 1.807) is 11.3 Å². The molecule has 0 saturated heterocycles. The van der Waals surface area contributed by atoms with Crippen LogP contribution in [0.2, 0.25) is 0 Å². The smallest absolute Gasteiger partial charge is 0.341 e. The second kappa shape index (κ2) is 8.46. The standard InChI is InChI=1S/C18H18N4O3S3/c1-25-17(24)15-11-5-2-6-12(11)28-16(15)20-14(23)9-27-18-19-13(21-22-18)8-10-4-3-7-26-10/h3-4,7H,2,5-6,8-9H2,1H3,(H,20,23)(H,19,21,22). The predicted molar refractivity (Wildman–Crippen MR) is 111 cm³/mol. The number of H-pyrrole nitrogens is 1. The van der Waals surface area contributed by atoms with Gasteiger partial charge >= 0.3 is 5.97 Å². The van der Waals surface area contributed by atoms with Crippen LogP contribution in [0.3, 0.4) is 0 Å². The number of aryl methyl sites for hydroxylation is 1. The lowest BCUT2D eigenvalue weighted by atomic mass is 10.1. The molecule has 0 saturated carbocycles. The number of thioether (sulfide) groups is 1. The number of carbonyl (C=O) groups excluding carboxylic acids is 2. The first-order valence-electron chi connectivity index (χ1n) is 8.73. The van der Waals surface area contributed by atoms with Gasteiger partial charge in [-0.2, -0.15) is 0 Å². The maximum atomic E-state index is 12.4. The van der Waals surface area contributed by atoms with Crippen molar-refractivity contribution in [3.63, 3.8) is 0 Å². The Kier molecular flexibility index (Phi) is 5.79. The van der Waals surface area contributed by atoms with E-state index in [4.69, 9.17) is 4.74 Å². The van der Waals surface area contributed by atoms with Crippen molar-refractivity contribution in [2.45, 2.75) is 30.8 Å². The van der Waals surface area contributed by atoms with Gasteiger partial charge in [0.05, 0.1) is 18.4 Å². The highest BCUT2D eigenvalue weighted by Gasteiger charge is 2.28. The minimum Gasteiger partial charge on any atom is -0.465 e. The maximum Gasteiger partial charge on any atom is 0.341 e. The molecule has 0 atom stereocenters. The van der Waals surface area contributed by atoms with Gasteiger partial charge in [0.15, 0.2) is 0 Å². The molecule has 0 bridgehead atoms. The summed E-state index contributed by atoms with van der Waals surface area (Å²) in [6.07, 6.45) is 3.53. The Morgan fingerprint density at radius 3 is 3.07 bits per heavy atom. The van der Waals surface area contributed by atoms with Crippen LogP contribution < -0.4 is 5.32 Å². The van der Waals surface area contributed by atoms with Crippen LogP contribution in [0, 0.1) is 0 Å². The van der Waals surface area contributed by atoms with E-state index in [-0.39, 0.29) is 11.7 Å². The molecule has 3 aromatic heterocycles. The van der Waals surface area contributed by atoms with Crippen LogP contribution >= 0.6 is 34.4 Å². The van der Waals surface area contributed by atoms with E-state index in [1.807, 2.05) is 17.5 Å². The van der Waals surface area contributed by atoms with Gasteiger partial charge in [-0.3, -0.25) is 9.89 Å². The third-order valence-corrected chi connectivity index (χ3v) is 7.26. The molecule has 4 rings (SSSR count). The molecule has 28 heavy (non-hydrogen) atoms. The molecule has 0 unspecified atom stereocenters. The van der Waals surface area contributed by atoms with Crippen LogP contribution in [0.25, 0.3) is 0 Å². The number of nitrogens with zero attached hydrogens (tertiary/aromatic N) is 2. The Morgan fingerprint density at radius 2 is 2.29 bits per heavy atom. The predicted octanol–water partition coefficient (Wildman–Crippen LogP) is 3.52.